The van der Waals surface area contributed by atoms with E-state index in [1.165, 1.54) is 0 Å². The van der Waals surface area contributed by atoms with Crippen molar-refractivity contribution in [1.82, 2.24) is 4.98 Å². The van der Waals surface area contributed by atoms with E-state index in [0.717, 1.165) is 33.4 Å². The van der Waals surface area contributed by atoms with Gasteiger partial charge in [-0.1, -0.05) is 182 Å². The van der Waals surface area contributed by atoms with Crippen molar-refractivity contribution in [2.75, 3.05) is 16.1 Å². The first kappa shape index (κ1) is 32.3. The second kappa shape index (κ2) is 14.1. The number of aromatic nitrogens is 1. The Kier molecular flexibility index (Phi) is 9.12. The van der Waals surface area contributed by atoms with Crippen molar-refractivity contribution in [3.05, 3.63) is 227 Å². The number of hydrazine groups is 1. The molecule has 6 nitrogen and oxygen atoms in total. The van der Waals surface area contributed by atoms with Crippen molar-refractivity contribution in [1.29, 1.82) is 0 Å². The van der Waals surface area contributed by atoms with Crippen LogP contribution in [-0.4, -0.2) is 10.1 Å². The van der Waals surface area contributed by atoms with Crippen LogP contribution in [0.2, 0.25) is 0 Å². The lowest BCUT2D eigenvalue weighted by Crippen LogP contribution is -2.53. The first-order valence-corrected chi connectivity index (χ1v) is 16.7. The zero-order chi connectivity index (χ0) is 34.4. The van der Waals surface area contributed by atoms with E-state index in [-0.39, 0.29) is 12.3 Å². The zero-order valence-electron chi connectivity index (χ0n) is 27.6. The molecule has 1 aromatic heterocycles. The number of nitrogens with one attached hydrogen (secondary N) is 1. The number of rotatable bonds is 11. The molecule has 0 bridgehead atoms. The van der Waals surface area contributed by atoms with Crippen LogP contribution >= 0.6 is 0 Å². The van der Waals surface area contributed by atoms with Crippen molar-refractivity contribution in [2.24, 2.45) is 5.84 Å². The molecule has 0 saturated heterocycles. The van der Waals surface area contributed by atoms with E-state index < -0.39 is 11.1 Å². The molecule has 1 heterocycles. The van der Waals surface area contributed by atoms with Gasteiger partial charge in [0.15, 0.2) is 5.82 Å². The third-order valence-electron chi connectivity index (χ3n) is 9.39. The molecule has 7 rings (SSSR count). The summed E-state index contributed by atoms with van der Waals surface area (Å²) in [4.78, 5) is 5.24. The number of pyridine rings is 1. The van der Waals surface area contributed by atoms with Gasteiger partial charge in [-0.05, 0) is 39.4 Å². The predicted molar refractivity (Wildman–Crippen MR) is 203 cm³/mol. The van der Waals surface area contributed by atoms with Gasteiger partial charge in [0, 0.05) is 5.56 Å². The second-order valence-electron chi connectivity index (χ2n) is 12.2. The number of aliphatic hydroxyl groups is 1. The van der Waals surface area contributed by atoms with E-state index >= 15 is 0 Å². The first-order valence-electron chi connectivity index (χ1n) is 16.7. The van der Waals surface area contributed by atoms with Gasteiger partial charge < -0.3 is 16.2 Å². The van der Waals surface area contributed by atoms with Crippen LogP contribution in [0.1, 0.15) is 38.9 Å². The molecule has 50 heavy (non-hydrogen) atoms. The summed E-state index contributed by atoms with van der Waals surface area (Å²) in [5.41, 5.74) is 11.6. The number of nitrogens with two attached hydrogens (primary N) is 2. The monoisotopic (exact) mass is 653 g/mol. The Balaban J connectivity index is 1.49. The molecule has 0 atom stereocenters. The molecule has 0 saturated carbocycles. The molecule has 0 fully saturated rings. The summed E-state index contributed by atoms with van der Waals surface area (Å²) in [6, 6.07) is 63.1. The van der Waals surface area contributed by atoms with Crippen LogP contribution in [0.3, 0.4) is 0 Å². The van der Waals surface area contributed by atoms with Crippen LogP contribution in [0.25, 0.3) is 0 Å². The summed E-state index contributed by atoms with van der Waals surface area (Å²) >= 11 is 0. The van der Waals surface area contributed by atoms with E-state index in [0.29, 0.717) is 17.2 Å². The number of aliphatic hydroxyl groups excluding tert-OH is 1. The Morgan fingerprint density at radius 1 is 0.520 bits per heavy atom. The van der Waals surface area contributed by atoms with Crippen molar-refractivity contribution in [2.45, 2.75) is 17.7 Å². The van der Waals surface area contributed by atoms with Gasteiger partial charge in [0.05, 0.1) is 12.3 Å². The summed E-state index contributed by atoms with van der Waals surface area (Å²) in [6.45, 7) is -0.312. The SMILES string of the molecule is Nc1c(CO)cc(NC(c2ccccc2)(c2ccccc2)c2ccccc2)nc1N(N)C(c1ccccc1)(c1ccccc1)c1ccccc1. The Labute approximate surface area is 293 Å². The highest BCUT2D eigenvalue weighted by Gasteiger charge is 2.44. The van der Waals surface area contributed by atoms with E-state index in [4.69, 9.17) is 16.6 Å². The Hall–Kier alpha value is -6.21. The molecular weight excluding hydrogens is 615 g/mol. The van der Waals surface area contributed by atoms with Gasteiger partial charge in [0.2, 0.25) is 0 Å². The number of hydrogen-bond acceptors (Lipinski definition) is 6. The number of nitrogens with zero attached hydrogens (tertiary/aromatic N) is 2. The maximum absolute atomic E-state index is 10.8. The van der Waals surface area contributed by atoms with Crippen LogP contribution in [0, 0.1) is 0 Å². The topological polar surface area (TPSA) is 100 Å². The normalized spacial score (nSPS) is 11.6. The zero-order valence-corrected chi connectivity index (χ0v) is 27.6. The van der Waals surface area contributed by atoms with E-state index in [1.54, 1.807) is 5.01 Å². The van der Waals surface area contributed by atoms with Gasteiger partial charge in [0.1, 0.15) is 16.9 Å². The number of benzene rings is 6. The Bertz CT molecular complexity index is 1940. The third kappa shape index (κ3) is 5.66. The van der Waals surface area contributed by atoms with E-state index in [9.17, 15) is 5.11 Å². The molecule has 0 aliphatic carbocycles. The van der Waals surface area contributed by atoms with Gasteiger partial charge in [-0.2, -0.15) is 0 Å². The minimum absolute atomic E-state index is 0.289. The summed E-state index contributed by atoms with van der Waals surface area (Å²) in [5.74, 6) is 8.25. The molecule has 0 unspecified atom stereocenters. The minimum atomic E-state index is -1.05. The van der Waals surface area contributed by atoms with Crippen molar-refractivity contribution in [3.8, 4) is 0 Å². The molecule has 0 radical (unpaired) electrons. The van der Waals surface area contributed by atoms with Crippen LogP contribution in [0.15, 0.2) is 188 Å². The van der Waals surface area contributed by atoms with E-state index in [2.05, 4.69) is 78.1 Å². The van der Waals surface area contributed by atoms with Crippen LogP contribution in [-0.2, 0) is 17.7 Å². The number of anilines is 3. The molecule has 7 aromatic rings. The summed E-state index contributed by atoms with van der Waals surface area (Å²) < 4.78 is 0. The molecule has 0 aliphatic heterocycles. The minimum Gasteiger partial charge on any atom is -0.395 e. The average Bonchev–Trinajstić information content (AvgIpc) is 3.20. The van der Waals surface area contributed by atoms with Gasteiger partial charge in [0.25, 0.3) is 0 Å². The van der Waals surface area contributed by atoms with Gasteiger partial charge in [-0.25, -0.2) is 10.8 Å². The van der Waals surface area contributed by atoms with Gasteiger partial charge in [-0.15, -0.1) is 0 Å². The molecule has 6 N–H and O–H groups in total. The summed E-state index contributed by atoms with van der Waals surface area (Å²) in [5, 5.41) is 16.3. The Morgan fingerprint density at radius 2 is 0.840 bits per heavy atom. The van der Waals surface area contributed by atoms with Gasteiger partial charge in [-0.3, -0.25) is 5.01 Å². The fourth-order valence-corrected chi connectivity index (χ4v) is 7.06. The maximum Gasteiger partial charge on any atom is 0.170 e. The van der Waals surface area contributed by atoms with Crippen LogP contribution in [0.4, 0.5) is 17.3 Å². The van der Waals surface area contributed by atoms with Gasteiger partial charge >= 0.3 is 0 Å². The molecule has 0 spiro atoms. The van der Waals surface area contributed by atoms with Crippen LogP contribution in [0.5, 0.6) is 0 Å². The van der Waals surface area contributed by atoms with Crippen molar-refractivity contribution in [3.63, 3.8) is 0 Å². The largest absolute Gasteiger partial charge is 0.395 e. The molecule has 6 aromatic carbocycles. The highest BCUT2D eigenvalue weighted by atomic mass is 16.3. The summed E-state index contributed by atoms with van der Waals surface area (Å²) in [7, 11) is 0. The highest BCUT2D eigenvalue weighted by Crippen LogP contribution is 2.46. The lowest BCUT2D eigenvalue weighted by Gasteiger charge is -2.44. The fourth-order valence-electron chi connectivity index (χ4n) is 7.06. The third-order valence-corrected chi connectivity index (χ3v) is 9.39. The number of nitrogen functional groups attached to an aromatic ring is 1. The lowest BCUT2D eigenvalue weighted by molar-refractivity contribution is 0.282. The standard InChI is InChI=1S/C44H39N5O/c45-41-33(32-50)31-40(48-43(34-19-7-1-8-20-34,35-21-9-2-10-22-35)36-23-11-3-12-24-36)47-42(41)49(46)44(37-25-13-4-14-26-37,38-27-15-5-16-28-38)39-29-17-6-18-30-39/h1-31,50H,32,45-46H2,(H,47,48). The Morgan fingerprint density at radius 3 is 1.16 bits per heavy atom. The molecule has 246 valence electrons. The second-order valence-corrected chi connectivity index (χ2v) is 12.2. The highest BCUT2D eigenvalue weighted by molar-refractivity contribution is 5.74. The quantitative estimate of drug-likeness (QED) is 0.0638. The van der Waals surface area contributed by atoms with Crippen LogP contribution < -0.4 is 21.9 Å². The first-order chi connectivity index (χ1) is 24.6. The molecule has 0 aliphatic rings. The van der Waals surface area contributed by atoms with E-state index in [1.807, 2.05) is 115 Å². The fraction of sp³-hybridized carbons (Fsp3) is 0.0682. The molecule has 6 heteroatoms. The molecule has 0 amide bonds. The maximum atomic E-state index is 10.8. The number of hydrogen-bond donors (Lipinski definition) is 4. The predicted octanol–water partition coefficient (Wildman–Crippen LogP) is 8.23. The lowest BCUT2D eigenvalue weighted by atomic mass is 9.76. The van der Waals surface area contributed by atoms with Crippen molar-refractivity contribution >= 4 is 17.3 Å². The smallest absolute Gasteiger partial charge is 0.170 e. The average molecular weight is 654 g/mol. The van der Waals surface area contributed by atoms with Crippen molar-refractivity contribution < 1.29 is 5.11 Å². The molecular formula is C44H39N5O. The summed E-state index contributed by atoms with van der Waals surface area (Å²) in [6.07, 6.45) is 0.